The number of nitrogens with zero attached hydrogens (tertiary/aromatic N) is 2. The second-order valence-electron chi connectivity index (χ2n) is 4.72. The molecule has 2 aromatic carbocycles. The largest absolute Gasteiger partial charge is 0.383 e. The van der Waals surface area contributed by atoms with Gasteiger partial charge >= 0.3 is 0 Å². The van der Waals surface area contributed by atoms with E-state index in [1.807, 2.05) is 30.3 Å². The molecule has 0 fully saturated rings. The van der Waals surface area contributed by atoms with Crippen LogP contribution in [0.15, 0.2) is 53.0 Å². The molecule has 106 valence electrons. The molecule has 0 amide bonds. The SMILES string of the molecule is Cn1nc(-c2ccccc2Br)c(-c2cccc(F)c2)c1N. The van der Waals surface area contributed by atoms with E-state index in [1.165, 1.54) is 12.1 Å². The highest BCUT2D eigenvalue weighted by Crippen LogP contribution is 2.38. The molecule has 5 heteroatoms. The van der Waals surface area contributed by atoms with Gasteiger partial charge in [0.05, 0.1) is 5.56 Å². The zero-order chi connectivity index (χ0) is 15.0. The van der Waals surface area contributed by atoms with Crippen molar-refractivity contribution >= 4 is 21.7 Å². The molecule has 0 atom stereocenters. The van der Waals surface area contributed by atoms with Crippen molar-refractivity contribution in [1.82, 2.24) is 9.78 Å². The Balaban J connectivity index is 2.29. The van der Waals surface area contributed by atoms with Crippen LogP contribution < -0.4 is 5.73 Å². The molecule has 21 heavy (non-hydrogen) atoms. The van der Waals surface area contributed by atoms with Gasteiger partial charge in [-0.05, 0) is 23.8 Å². The summed E-state index contributed by atoms with van der Waals surface area (Å²) in [6.07, 6.45) is 0. The van der Waals surface area contributed by atoms with Crippen LogP contribution in [-0.2, 0) is 7.05 Å². The van der Waals surface area contributed by atoms with Gasteiger partial charge in [0.25, 0.3) is 0 Å². The van der Waals surface area contributed by atoms with Crippen molar-refractivity contribution in [2.75, 3.05) is 5.73 Å². The molecule has 3 nitrogen and oxygen atoms in total. The van der Waals surface area contributed by atoms with E-state index >= 15 is 0 Å². The predicted molar refractivity (Wildman–Crippen MR) is 86.2 cm³/mol. The number of aryl methyl sites for hydroxylation is 1. The first-order chi connectivity index (χ1) is 10.1. The topological polar surface area (TPSA) is 43.8 Å². The molecular formula is C16H13BrFN3. The Morgan fingerprint density at radius 1 is 1.14 bits per heavy atom. The van der Waals surface area contributed by atoms with Crippen molar-refractivity contribution < 1.29 is 4.39 Å². The first kappa shape index (κ1) is 13.8. The van der Waals surface area contributed by atoms with Crippen molar-refractivity contribution in [3.63, 3.8) is 0 Å². The average molecular weight is 346 g/mol. The zero-order valence-electron chi connectivity index (χ0n) is 11.3. The van der Waals surface area contributed by atoms with Crippen LogP contribution in [0.5, 0.6) is 0 Å². The number of nitrogen functional groups attached to an aromatic ring is 1. The van der Waals surface area contributed by atoms with E-state index in [-0.39, 0.29) is 5.82 Å². The number of aromatic nitrogens is 2. The van der Waals surface area contributed by atoms with Crippen molar-refractivity contribution in [3.8, 4) is 22.4 Å². The molecule has 0 aliphatic carbocycles. The number of hydrogen-bond donors (Lipinski definition) is 1. The summed E-state index contributed by atoms with van der Waals surface area (Å²) in [7, 11) is 1.78. The quantitative estimate of drug-likeness (QED) is 0.754. The van der Waals surface area contributed by atoms with Gasteiger partial charge in [-0.2, -0.15) is 5.10 Å². The summed E-state index contributed by atoms with van der Waals surface area (Å²) in [5.41, 5.74) is 9.24. The van der Waals surface area contributed by atoms with Crippen LogP contribution in [0.1, 0.15) is 0 Å². The molecule has 2 N–H and O–H groups in total. The minimum atomic E-state index is -0.297. The maximum absolute atomic E-state index is 13.5. The van der Waals surface area contributed by atoms with Gasteiger partial charge in [0.1, 0.15) is 17.3 Å². The summed E-state index contributed by atoms with van der Waals surface area (Å²) < 4.78 is 16.1. The van der Waals surface area contributed by atoms with E-state index in [0.29, 0.717) is 11.4 Å². The van der Waals surface area contributed by atoms with Crippen LogP contribution >= 0.6 is 15.9 Å². The third-order valence-corrected chi connectivity index (χ3v) is 4.03. The first-order valence-corrected chi connectivity index (χ1v) is 7.20. The van der Waals surface area contributed by atoms with Crippen LogP contribution in [0.3, 0.4) is 0 Å². The van der Waals surface area contributed by atoms with Crippen LogP contribution in [0.2, 0.25) is 0 Å². The number of rotatable bonds is 2. The number of hydrogen-bond acceptors (Lipinski definition) is 2. The van der Waals surface area contributed by atoms with E-state index in [1.54, 1.807) is 17.8 Å². The standard InChI is InChI=1S/C16H13BrFN3/c1-21-16(19)14(10-5-4-6-11(18)9-10)15(20-21)12-7-2-3-8-13(12)17/h2-9H,19H2,1H3. The highest BCUT2D eigenvalue weighted by molar-refractivity contribution is 9.10. The number of benzene rings is 2. The molecule has 3 aromatic rings. The van der Waals surface area contributed by atoms with Crippen LogP contribution in [0.25, 0.3) is 22.4 Å². The second kappa shape index (κ2) is 5.33. The maximum Gasteiger partial charge on any atom is 0.129 e. The average Bonchev–Trinajstić information content (AvgIpc) is 2.75. The summed E-state index contributed by atoms with van der Waals surface area (Å²) in [5.74, 6) is 0.209. The normalized spacial score (nSPS) is 10.8. The maximum atomic E-state index is 13.5. The highest BCUT2D eigenvalue weighted by atomic mass is 79.9. The number of anilines is 1. The summed E-state index contributed by atoms with van der Waals surface area (Å²) in [4.78, 5) is 0. The van der Waals surface area contributed by atoms with Crippen molar-refractivity contribution in [2.24, 2.45) is 7.05 Å². The van der Waals surface area contributed by atoms with Gasteiger partial charge in [0.15, 0.2) is 0 Å². The number of nitrogens with two attached hydrogens (primary N) is 1. The first-order valence-electron chi connectivity index (χ1n) is 6.41. The van der Waals surface area contributed by atoms with Crippen LogP contribution in [0.4, 0.5) is 10.2 Å². The van der Waals surface area contributed by atoms with E-state index in [4.69, 9.17) is 5.73 Å². The summed E-state index contributed by atoms with van der Waals surface area (Å²) >= 11 is 3.52. The summed E-state index contributed by atoms with van der Waals surface area (Å²) in [6.45, 7) is 0. The van der Waals surface area contributed by atoms with E-state index < -0.39 is 0 Å². The Morgan fingerprint density at radius 2 is 1.90 bits per heavy atom. The minimum Gasteiger partial charge on any atom is -0.383 e. The molecule has 1 heterocycles. The molecule has 0 spiro atoms. The van der Waals surface area contributed by atoms with Crippen molar-refractivity contribution in [3.05, 3.63) is 58.8 Å². The van der Waals surface area contributed by atoms with Crippen LogP contribution in [0, 0.1) is 5.82 Å². The van der Waals surface area contributed by atoms with Gasteiger partial charge in [-0.15, -0.1) is 0 Å². The van der Waals surface area contributed by atoms with Gasteiger partial charge in [0.2, 0.25) is 0 Å². The number of halogens is 2. The van der Waals surface area contributed by atoms with Crippen molar-refractivity contribution in [1.29, 1.82) is 0 Å². The van der Waals surface area contributed by atoms with Crippen LogP contribution in [-0.4, -0.2) is 9.78 Å². The molecule has 3 rings (SSSR count). The molecule has 1 aromatic heterocycles. The van der Waals surface area contributed by atoms with Gasteiger partial charge in [-0.3, -0.25) is 4.68 Å². The lowest BCUT2D eigenvalue weighted by molar-refractivity contribution is 0.628. The van der Waals surface area contributed by atoms with Gasteiger partial charge in [-0.1, -0.05) is 46.3 Å². The van der Waals surface area contributed by atoms with Gasteiger partial charge in [-0.25, -0.2) is 4.39 Å². The summed E-state index contributed by atoms with van der Waals surface area (Å²) in [6, 6.07) is 14.1. The Hall–Kier alpha value is -2.14. The zero-order valence-corrected chi connectivity index (χ0v) is 12.9. The smallest absolute Gasteiger partial charge is 0.129 e. The third-order valence-electron chi connectivity index (χ3n) is 3.33. The molecule has 0 saturated carbocycles. The molecule has 0 aliphatic rings. The van der Waals surface area contributed by atoms with Gasteiger partial charge < -0.3 is 5.73 Å². The lowest BCUT2D eigenvalue weighted by Gasteiger charge is -2.06. The lowest BCUT2D eigenvalue weighted by Crippen LogP contribution is -1.98. The van der Waals surface area contributed by atoms with Crippen molar-refractivity contribution in [2.45, 2.75) is 0 Å². The fourth-order valence-corrected chi connectivity index (χ4v) is 2.78. The fraction of sp³-hybridized carbons (Fsp3) is 0.0625. The Kier molecular flexibility index (Phi) is 3.51. The lowest BCUT2D eigenvalue weighted by atomic mass is 10.0. The molecule has 0 bridgehead atoms. The van der Waals surface area contributed by atoms with E-state index in [0.717, 1.165) is 21.3 Å². The van der Waals surface area contributed by atoms with Gasteiger partial charge in [0, 0.05) is 17.1 Å². The molecule has 0 saturated heterocycles. The highest BCUT2D eigenvalue weighted by Gasteiger charge is 2.19. The fourth-order valence-electron chi connectivity index (χ4n) is 2.31. The third kappa shape index (κ3) is 2.45. The predicted octanol–water partition coefficient (Wildman–Crippen LogP) is 4.24. The Bertz CT molecular complexity index is 811. The minimum absolute atomic E-state index is 0.297. The summed E-state index contributed by atoms with van der Waals surface area (Å²) in [5, 5.41) is 4.49. The van der Waals surface area contributed by atoms with E-state index in [9.17, 15) is 4.39 Å². The molecule has 0 unspecified atom stereocenters. The molecule has 0 radical (unpaired) electrons. The molecular weight excluding hydrogens is 333 g/mol. The second-order valence-corrected chi connectivity index (χ2v) is 5.58. The van der Waals surface area contributed by atoms with E-state index in [2.05, 4.69) is 21.0 Å². The monoisotopic (exact) mass is 345 g/mol. The molecule has 0 aliphatic heterocycles. The Labute approximate surface area is 130 Å². The Morgan fingerprint density at radius 3 is 2.62 bits per heavy atom.